The zero-order valence-corrected chi connectivity index (χ0v) is 12.9. The molecule has 0 aromatic carbocycles. The number of ether oxygens (including phenoxy) is 1. The van der Waals surface area contributed by atoms with Gasteiger partial charge in [-0.05, 0) is 19.1 Å². The van der Waals surface area contributed by atoms with Crippen molar-refractivity contribution in [2.24, 2.45) is 5.92 Å². The Morgan fingerprint density at radius 2 is 2.14 bits per heavy atom. The highest BCUT2D eigenvalue weighted by molar-refractivity contribution is 7.15. The predicted octanol–water partition coefficient (Wildman–Crippen LogP) is 1.33. The molecule has 2 aromatic rings. The van der Waals surface area contributed by atoms with E-state index in [1.165, 1.54) is 11.3 Å². The molecular weight excluding hydrogens is 288 g/mol. The molecule has 8 heteroatoms. The van der Waals surface area contributed by atoms with Crippen LogP contribution in [-0.2, 0) is 11.3 Å². The maximum Gasteiger partial charge on any atom is 0.205 e. The fourth-order valence-electron chi connectivity index (χ4n) is 2.19. The van der Waals surface area contributed by atoms with Crippen molar-refractivity contribution in [1.29, 1.82) is 0 Å². The highest BCUT2D eigenvalue weighted by atomic mass is 32.1. The van der Waals surface area contributed by atoms with Crippen molar-refractivity contribution in [3.63, 3.8) is 0 Å². The van der Waals surface area contributed by atoms with Gasteiger partial charge in [-0.1, -0.05) is 11.3 Å². The number of aromatic nitrogens is 4. The molecule has 1 aliphatic heterocycles. The normalized spacial score (nSPS) is 15.0. The minimum absolute atomic E-state index is 0.517. The van der Waals surface area contributed by atoms with Crippen LogP contribution in [0.3, 0.4) is 0 Å². The van der Waals surface area contributed by atoms with E-state index < -0.39 is 0 Å². The molecule has 0 saturated carbocycles. The van der Waals surface area contributed by atoms with Crippen LogP contribution in [0.4, 0.5) is 10.9 Å². The fourth-order valence-corrected chi connectivity index (χ4v) is 2.90. The monoisotopic (exact) mass is 306 g/mol. The summed E-state index contributed by atoms with van der Waals surface area (Å²) in [6.45, 7) is 5.35. The van der Waals surface area contributed by atoms with E-state index in [4.69, 9.17) is 4.74 Å². The SMILES string of the molecule is COCc1nnc(NCC2CN(c3ccc(C)nn3)C2)s1. The largest absolute Gasteiger partial charge is 0.377 e. The molecule has 0 bridgehead atoms. The van der Waals surface area contributed by atoms with Gasteiger partial charge in [0.25, 0.3) is 0 Å². The molecule has 1 saturated heterocycles. The lowest BCUT2D eigenvalue weighted by Crippen LogP contribution is -2.50. The quantitative estimate of drug-likeness (QED) is 0.862. The molecule has 1 fully saturated rings. The van der Waals surface area contributed by atoms with Gasteiger partial charge in [-0.25, -0.2) is 0 Å². The van der Waals surface area contributed by atoms with Gasteiger partial charge in [0.1, 0.15) is 11.6 Å². The van der Waals surface area contributed by atoms with E-state index >= 15 is 0 Å². The van der Waals surface area contributed by atoms with Gasteiger partial charge in [0.2, 0.25) is 5.13 Å². The number of aryl methyl sites for hydroxylation is 1. The summed E-state index contributed by atoms with van der Waals surface area (Å²) in [5.74, 6) is 1.55. The van der Waals surface area contributed by atoms with Gasteiger partial charge in [-0.15, -0.1) is 15.3 Å². The number of methoxy groups -OCH3 is 1. The van der Waals surface area contributed by atoms with E-state index in [9.17, 15) is 0 Å². The first kappa shape index (κ1) is 14.2. The van der Waals surface area contributed by atoms with Crippen molar-refractivity contribution in [1.82, 2.24) is 20.4 Å². The topological polar surface area (TPSA) is 76.1 Å². The Hall–Kier alpha value is -1.80. The lowest BCUT2D eigenvalue weighted by molar-refractivity contribution is 0.184. The zero-order chi connectivity index (χ0) is 14.7. The average Bonchev–Trinajstić information content (AvgIpc) is 2.87. The Morgan fingerprint density at radius 1 is 1.29 bits per heavy atom. The summed E-state index contributed by atoms with van der Waals surface area (Å²) in [5.41, 5.74) is 0.945. The molecule has 3 heterocycles. The highest BCUT2D eigenvalue weighted by Gasteiger charge is 2.27. The third kappa shape index (κ3) is 3.45. The van der Waals surface area contributed by atoms with Crippen molar-refractivity contribution in [2.45, 2.75) is 13.5 Å². The second-order valence-electron chi connectivity index (χ2n) is 5.12. The number of rotatable bonds is 6. The summed E-state index contributed by atoms with van der Waals surface area (Å²) in [7, 11) is 1.66. The van der Waals surface area contributed by atoms with Gasteiger partial charge < -0.3 is 15.0 Å². The number of hydrogen-bond acceptors (Lipinski definition) is 8. The van der Waals surface area contributed by atoms with E-state index in [2.05, 4.69) is 30.6 Å². The Morgan fingerprint density at radius 3 is 2.86 bits per heavy atom. The molecule has 112 valence electrons. The molecule has 0 spiro atoms. The average molecular weight is 306 g/mol. The number of nitrogens with one attached hydrogen (secondary N) is 1. The van der Waals surface area contributed by atoms with Crippen LogP contribution in [0.2, 0.25) is 0 Å². The summed E-state index contributed by atoms with van der Waals surface area (Å²) < 4.78 is 5.03. The van der Waals surface area contributed by atoms with E-state index in [-0.39, 0.29) is 0 Å². The van der Waals surface area contributed by atoms with Gasteiger partial charge in [-0.3, -0.25) is 0 Å². The van der Waals surface area contributed by atoms with Crippen LogP contribution in [0, 0.1) is 12.8 Å². The smallest absolute Gasteiger partial charge is 0.205 e. The first-order chi connectivity index (χ1) is 10.2. The van der Waals surface area contributed by atoms with Crippen LogP contribution in [0.15, 0.2) is 12.1 Å². The minimum atomic E-state index is 0.517. The summed E-state index contributed by atoms with van der Waals surface area (Å²) in [6.07, 6.45) is 0. The van der Waals surface area contributed by atoms with Gasteiger partial charge in [0.05, 0.1) is 5.69 Å². The molecular formula is C13H18N6OS. The van der Waals surface area contributed by atoms with Gasteiger partial charge in [0, 0.05) is 32.7 Å². The molecule has 21 heavy (non-hydrogen) atoms. The lowest BCUT2D eigenvalue weighted by atomic mass is 10.0. The van der Waals surface area contributed by atoms with E-state index in [0.717, 1.165) is 41.3 Å². The molecule has 1 aliphatic rings. The molecule has 0 aliphatic carbocycles. The number of nitrogens with zero attached hydrogens (tertiary/aromatic N) is 5. The molecule has 0 unspecified atom stereocenters. The van der Waals surface area contributed by atoms with E-state index in [0.29, 0.717) is 12.5 Å². The third-order valence-electron chi connectivity index (χ3n) is 3.34. The molecule has 1 N–H and O–H groups in total. The van der Waals surface area contributed by atoms with E-state index in [1.54, 1.807) is 7.11 Å². The van der Waals surface area contributed by atoms with Crippen molar-refractivity contribution < 1.29 is 4.74 Å². The van der Waals surface area contributed by atoms with Crippen LogP contribution < -0.4 is 10.2 Å². The third-order valence-corrected chi connectivity index (χ3v) is 4.20. The van der Waals surface area contributed by atoms with Crippen LogP contribution in [0.25, 0.3) is 0 Å². The molecule has 7 nitrogen and oxygen atoms in total. The van der Waals surface area contributed by atoms with Gasteiger partial charge in [-0.2, -0.15) is 5.10 Å². The van der Waals surface area contributed by atoms with Crippen LogP contribution in [0.5, 0.6) is 0 Å². The molecule has 0 amide bonds. The first-order valence-electron chi connectivity index (χ1n) is 6.85. The standard InChI is InChI=1S/C13H18N6OS/c1-9-3-4-11(16-15-9)19-6-10(7-19)5-14-13-18-17-12(21-13)8-20-2/h3-4,10H,5-8H2,1-2H3,(H,14,18). The zero-order valence-electron chi connectivity index (χ0n) is 12.1. The van der Waals surface area contributed by atoms with Crippen molar-refractivity contribution in [3.8, 4) is 0 Å². The molecule has 0 atom stereocenters. The molecule has 0 radical (unpaired) electrons. The van der Waals surface area contributed by atoms with Crippen LogP contribution >= 0.6 is 11.3 Å². The summed E-state index contributed by atoms with van der Waals surface area (Å²) in [6, 6.07) is 4.01. The maximum absolute atomic E-state index is 5.03. The van der Waals surface area contributed by atoms with Gasteiger partial charge in [0.15, 0.2) is 5.82 Å². The second-order valence-corrected chi connectivity index (χ2v) is 6.18. The predicted molar refractivity (Wildman–Crippen MR) is 81.6 cm³/mol. The van der Waals surface area contributed by atoms with Gasteiger partial charge >= 0.3 is 0 Å². The van der Waals surface area contributed by atoms with Crippen LogP contribution in [0.1, 0.15) is 10.7 Å². The maximum atomic E-state index is 5.03. The summed E-state index contributed by atoms with van der Waals surface area (Å²) >= 11 is 1.54. The molecule has 2 aromatic heterocycles. The van der Waals surface area contributed by atoms with Crippen molar-refractivity contribution in [3.05, 3.63) is 22.8 Å². The number of anilines is 2. The highest BCUT2D eigenvalue weighted by Crippen LogP contribution is 2.23. The fraction of sp³-hybridized carbons (Fsp3) is 0.538. The Labute approximate surface area is 127 Å². The summed E-state index contributed by atoms with van der Waals surface area (Å²) in [4.78, 5) is 2.23. The van der Waals surface area contributed by atoms with Crippen molar-refractivity contribution in [2.75, 3.05) is 37.0 Å². The number of hydrogen-bond donors (Lipinski definition) is 1. The Kier molecular flexibility index (Phi) is 4.26. The van der Waals surface area contributed by atoms with E-state index in [1.807, 2.05) is 19.1 Å². The Bertz CT molecular complexity index is 581. The molecule has 3 rings (SSSR count). The van der Waals surface area contributed by atoms with Crippen molar-refractivity contribution >= 4 is 22.3 Å². The first-order valence-corrected chi connectivity index (χ1v) is 7.66. The van der Waals surface area contributed by atoms with Crippen LogP contribution in [-0.4, -0.2) is 47.1 Å². The summed E-state index contributed by atoms with van der Waals surface area (Å²) in [5, 5.41) is 21.5. The minimum Gasteiger partial charge on any atom is -0.377 e. The Balaban J connectivity index is 1.43. The second kappa shape index (κ2) is 6.31. The lowest BCUT2D eigenvalue weighted by Gasteiger charge is -2.39.